The maximum atomic E-state index is 12.7. The molecule has 1 fully saturated rings. The third kappa shape index (κ3) is 3.77. The van der Waals surface area contributed by atoms with Crippen LogP contribution >= 0.6 is 0 Å². The number of carbonyl (C=O) groups is 1. The topological polar surface area (TPSA) is 67.6 Å². The number of β-amino-alcohol motifs (C(OH)–C–C–N with tert-alkyl or cyclic N) is 1. The number of aliphatic hydroxyl groups is 1. The summed E-state index contributed by atoms with van der Waals surface area (Å²) in [4.78, 5) is 16.4. The van der Waals surface area contributed by atoms with E-state index in [0.29, 0.717) is 37.2 Å². The van der Waals surface area contributed by atoms with E-state index < -0.39 is 5.60 Å². The average Bonchev–Trinajstić information content (AvgIpc) is 3.02. The monoisotopic (exact) mass is 349 g/mol. The van der Waals surface area contributed by atoms with Crippen LogP contribution in [0.1, 0.15) is 22.3 Å². The van der Waals surface area contributed by atoms with E-state index in [-0.39, 0.29) is 5.91 Å². The Labute approximate surface area is 154 Å². The van der Waals surface area contributed by atoms with Crippen LogP contribution in [0.3, 0.4) is 0 Å². The van der Waals surface area contributed by atoms with Gasteiger partial charge in [-0.05, 0) is 49.8 Å². The maximum Gasteiger partial charge on any atom is 0.253 e. The van der Waals surface area contributed by atoms with Gasteiger partial charge in [0, 0.05) is 18.7 Å². The summed E-state index contributed by atoms with van der Waals surface area (Å²) in [6.07, 6.45) is 0.588. The summed E-state index contributed by atoms with van der Waals surface area (Å²) in [5.74, 6) is -0.0696. The number of carbonyl (C=O) groups excluding carboxylic acids is 1. The van der Waals surface area contributed by atoms with E-state index >= 15 is 0 Å². The SMILES string of the molecule is CN(C)C[C@]1(O)CCN(C(=O)c2ccc(-c3ccccc3C#N)cc2)C1. The fraction of sp³-hybridized carbons (Fsp3) is 0.333. The van der Waals surface area contributed by atoms with E-state index in [9.17, 15) is 15.2 Å². The van der Waals surface area contributed by atoms with Crippen LogP contribution in [0, 0.1) is 11.3 Å². The first-order chi connectivity index (χ1) is 12.4. The molecular formula is C21H23N3O2. The fourth-order valence-electron chi connectivity index (χ4n) is 3.55. The number of nitriles is 1. The summed E-state index contributed by atoms with van der Waals surface area (Å²) >= 11 is 0. The van der Waals surface area contributed by atoms with Gasteiger partial charge in [-0.2, -0.15) is 5.26 Å². The summed E-state index contributed by atoms with van der Waals surface area (Å²) in [7, 11) is 3.83. The minimum absolute atomic E-state index is 0.0696. The Bertz CT molecular complexity index is 839. The highest BCUT2D eigenvalue weighted by Crippen LogP contribution is 2.26. The van der Waals surface area contributed by atoms with E-state index in [2.05, 4.69) is 6.07 Å². The van der Waals surface area contributed by atoms with Crippen LogP contribution in [0.15, 0.2) is 48.5 Å². The van der Waals surface area contributed by atoms with Gasteiger partial charge < -0.3 is 14.9 Å². The number of nitrogens with zero attached hydrogens (tertiary/aromatic N) is 3. The van der Waals surface area contributed by atoms with Crippen molar-refractivity contribution in [1.29, 1.82) is 5.26 Å². The Morgan fingerprint density at radius 1 is 1.23 bits per heavy atom. The molecule has 5 heteroatoms. The molecule has 0 saturated carbocycles. The van der Waals surface area contributed by atoms with E-state index in [1.165, 1.54) is 0 Å². The zero-order valence-corrected chi connectivity index (χ0v) is 15.1. The fourth-order valence-corrected chi connectivity index (χ4v) is 3.55. The lowest BCUT2D eigenvalue weighted by atomic mass is 9.99. The second-order valence-corrected chi connectivity index (χ2v) is 7.17. The standard InChI is InChI=1S/C21H23N3O2/c1-23(2)14-21(26)11-12-24(15-21)20(25)17-9-7-16(8-10-17)19-6-4-3-5-18(19)13-22/h3-10,26H,11-12,14-15H2,1-2H3/t21-/m1/s1. The second kappa shape index (κ2) is 7.28. The molecule has 0 unspecified atom stereocenters. The van der Waals surface area contributed by atoms with E-state index in [1.807, 2.05) is 49.3 Å². The predicted molar refractivity (Wildman–Crippen MR) is 101 cm³/mol. The predicted octanol–water partition coefficient (Wildman–Crippen LogP) is 2.36. The van der Waals surface area contributed by atoms with Crippen molar-refractivity contribution >= 4 is 5.91 Å². The Balaban J connectivity index is 1.75. The molecule has 1 atom stereocenters. The first-order valence-electron chi connectivity index (χ1n) is 8.68. The summed E-state index contributed by atoms with van der Waals surface area (Å²) in [5, 5.41) is 19.9. The zero-order valence-electron chi connectivity index (χ0n) is 15.1. The molecule has 1 amide bonds. The van der Waals surface area contributed by atoms with Crippen molar-refractivity contribution in [3.05, 3.63) is 59.7 Å². The molecule has 1 aliphatic rings. The maximum absolute atomic E-state index is 12.7. The van der Waals surface area contributed by atoms with Gasteiger partial charge in [0.15, 0.2) is 0 Å². The lowest BCUT2D eigenvalue weighted by molar-refractivity contribution is 0.0236. The number of benzene rings is 2. The summed E-state index contributed by atoms with van der Waals surface area (Å²) < 4.78 is 0. The van der Waals surface area contributed by atoms with Gasteiger partial charge in [0.2, 0.25) is 0 Å². The smallest absolute Gasteiger partial charge is 0.253 e. The Kier molecular flexibility index (Phi) is 5.08. The molecule has 134 valence electrons. The van der Waals surface area contributed by atoms with Crippen molar-refractivity contribution in [1.82, 2.24) is 9.80 Å². The van der Waals surface area contributed by atoms with Gasteiger partial charge in [0.1, 0.15) is 0 Å². The number of hydrogen-bond acceptors (Lipinski definition) is 4. The van der Waals surface area contributed by atoms with Crippen LogP contribution in [0.4, 0.5) is 0 Å². The van der Waals surface area contributed by atoms with Crippen LogP contribution < -0.4 is 0 Å². The summed E-state index contributed by atoms with van der Waals surface area (Å²) in [6, 6.07) is 16.9. The summed E-state index contributed by atoms with van der Waals surface area (Å²) in [6.45, 7) is 1.45. The zero-order chi connectivity index (χ0) is 18.7. The molecular weight excluding hydrogens is 326 g/mol. The van der Waals surface area contributed by atoms with Crippen molar-refractivity contribution in [3.8, 4) is 17.2 Å². The number of hydrogen-bond donors (Lipinski definition) is 1. The van der Waals surface area contributed by atoms with E-state index in [1.54, 1.807) is 23.1 Å². The third-order valence-corrected chi connectivity index (χ3v) is 4.72. The largest absolute Gasteiger partial charge is 0.387 e. The number of likely N-dealkylation sites (tertiary alicyclic amines) is 1. The summed E-state index contributed by atoms with van der Waals surface area (Å²) in [5.41, 5.74) is 2.13. The van der Waals surface area contributed by atoms with Gasteiger partial charge in [0.25, 0.3) is 5.91 Å². The molecule has 0 radical (unpaired) electrons. The molecule has 0 spiro atoms. The number of amides is 1. The van der Waals surface area contributed by atoms with Crippen LogP contribution in [-0.4, -0.2) is 60.1 Å². The minimum atomic E-state index is -0.842. The number of likely N-dealkylation sites (N-methyl/N-ethyl adjacent to an activating group) is 1. The van der Waals surface area contributed by atoms with E-state index in [4.69, 9.17) is 0 Å². The first kappa shape index (κ1) is 18.1. The highest BCUT2D eigenvalue weighted by Gasteiger charge is 2.38. The lowest BCUT2D eigenvalue weighted by Crippen LogP contribution is -2.43. The van der Waals surface area contributed by atoms with Gasteiger partial charge in [-0.1, -0.05) is 30.3 Å². The van der Waals surface area contributed by atoms with Crippen molar-refractivity contribution in [2.24, 2.45) is 0 Å². The molecule has 0 bridgehead atoms. The highest BCUT2D eigenvalue weighted by atomic mass is 16.3. The minimum Gasteiger partial charge on any atom is -0.387 e. The van der Waals surface area contributed by atoms with Gasteiger partial charge >= 0.3 is 0 Å². The molecule has 0 aliphatic carbocycles. The molecule has 0 aromatic heterocycles. The van der Waals surface area contributed by atoms with Crippen molar-refractivity contribution in [3.63, 3.8) is 0 Å². The highest BCUT2D eigenvalue weighted by molar-refractivity contribution is 5.95. The van der Waals surface area contributed by atoms with Gasteiger partial charge in [0.05, 0.1) is 23.8 Å². The van der Waals surface area contributed by atoms with Crippen molar-refractivity contribution in [2.45, 2.75) is 12.0 Å². The van der Waals surface area contributed by atoms with Crippen molar-refractivity contribution in [2.75, 3.05) is 33.7 Å². The van der Waals surface area contributed by atoms with E-state index in [0.717, 1.165) is 11.1 Å². The quantitative estimate of drug-likeness (QED) is 0.920. The molecule has 1 aliphatic heterocycles. The Morgan fingerprint density at radius 3 is 2.58 bits per heavy atom. The van der Waals surface area contributed by atoms with Crippen LogP contribution in [-0.2, 0) is 0 Å². The first-order valence-corrected chi connectivity index (χ1v) is 8.68. The molecule has 3 rings (SSSR count). The normalized spacial score (nSPS) is 19.6. The van der Waals surface area contributed by atoms with Crippen LogP contribution in [0.25, 0.3) is 11.1 Å². The molecule has 1 heterocycles. The number of rotatable bonds is 4. The lowest BCUT2D eigenvalue weighted by Gasteiger charge is -2.26. The van der Waals surface area contributed by atoms with Gasteiger partial charge in [-0.25, -0.2) is 0 Å². The van der Waals surface area contributed by atoms with Crippen LogP contribution in [0.5, 0.6) is 0 Å². The molecule has 5 nitrogen and oxygen atoms in total. The molecule has 26 heavy (non-hydrogen) atoms. The molecule has 2 aromatic carbocycles. The molecule has 2 aromatic rings. The van der Waals surface area contributed by atoms with Crippen molar-refractivity contribution < 1.29 is 9.90 Å². The Hall–Kier alpha value is -2.68. The van der Waals surface area contributed by atoms with Gasteiger partial charge in [-0.3, -0.25) is 4.79 Å². The third-order valence-electron chi connectivity index (χ3n) is 4.72. The Morgan fingerprint density at radius 2 is 1.92 bits per heavy atom. The van der Waals surface area contributed by atoms with Crippen LogP contribution in [0.2, 0.25) is 0 Å². The average molecular weight is 349 g/mol. The molecule has 1 N–H and O–H groups in total. The van der Waals surface area contributed by atoms with Gasteiger partial charge in [-0.15, -0.1) is 0 Å². The second-order valence-electron chi connectivity index (χ2n) is 7.17. The molecule has 1 saturated heterocycles.